The van der Waals surface area contributed by atoms with Crippen LogP contribution in [0.25, 0.3) is 0 Å². The summed E-state index contributed by atoms with van der Waals surface area (Å²) in [5, 5.41) is 6.06. The average molecular weight is 360 g/mol. The number of carbonyl (C=O) groups is 2. The molecular formula is C22H20N2O3. The number of ether oxygens (including phenoxy) is 1. The number of Topliss-reactive ketones (excluding diaryl/α,β-unsaturated/α-hetero) is 1. The average Bonchev–Trinajstić information content (AvgIpc) is 2.69. The maximum atomic E-state index is 12.1. The molecule has 0 unspecified atom stereocenters. The molecule has 2 N–H and O–H groups in total. The first-order chi connectivity index (χ1) is 13.1. The van der Waals surface area contributed by atoms with Gasteiger partial charge in [0.1, 0.15) is 5.75 Å². The van der Waals surface area contributed by atoms with Gasteiger partial charge in [-0.25, -0.2) is 0 Å². The number of benzene rings is 3. The van der Waals surface area contributed by atoms with Crippen LogP contribution in [0.2, 0.25) is 0 Å². The van der Waals surface area contributed by atoms with Crippen molar-refractivity contribution in [3.05, 3.63) is 84.4 Å². The van der Waals surface area contributed by atoms with E-state index in [1.54, 1.807) is 24.3 Å². The van der Waals surface area contributed by atoms with E-state index in [1.807, 2.05) is 54.6 Å². The van der Waals surface area contributed by atoms with Crippen LogP contribution in [0, 0.1) is 0 Å². The molecule has 3 aromatic rings. The number of rotatable bonds is 7. The largest absolute Gasteiger partial charge is 0.484 e. The molecule has 3 rings (SSSR count). The van der Waals surface area contributed by atoms with Crippen molar-refractivity contribution in [3.8, 4) is 5.75 Å². The minimum absolute atomic E-state index is 0.0471. The second-order valence-electron chi connectivity index (χ2n) is 5.99. The van der Waals surface area contributed by atoms with Crippen molar-refractivity contribution >= 4 is 28.8 Å². The lowest BCUT2D eigenvalue weighted by Gasteiger charge is -2.10. The molecule has 0 fully saturated rings. The third kappa shape index (κ3) is 5.44. The number of para-hydroxylation sites is 1. The minimum Gasteiger partial charge on any atom is -0.484 e. The van der Waals surface area contributed by atoms with Crippen LogP contribution >= 0.6 is 0 Å². The van der Waals surface area contributed by atoms with Gasteiger partial charge in [-0.15, -0.1) is 0 Å². The van der Waals surface area contributed by atoms with Gasteiger partial charge in [-0.3, -0.25) is 9.59 Å². The van der Waals surface area contributed by atoms with E-state index >= 15 is 0 Å². The summed E-state index contributed by atoms with van der Waals surface area (Å²) in [6.07, 6.45) is 0. The zero-order valence-electron chi connectivity index (χ0n) is 14.9. The molecule has 3 aromatic carbocycles. The highest BCUT2D eigenvalue weighted by Gasteiger charge is 2.06. The number of nitrogens with one attached hydrogen (secondary N) is 2. The SMILES string of the molecule is CC(=O)c1cccc(OCC(=O)Nc2ccc(Nc3ccccc3)cc2)c1. The van der Waals surface area contributed by atoms with Crippen LogP contribution in [-0.2, 0) is 4.79 Å². The van der Waals surface area contributed by atoms with Gasteiger partial charge in [0.2, 0.25) is 0 Å². The topological polar surface area (TPSA) is 67.4 Å². The molecule has 0 saturated carbocycles. The van der Waals surface area contributed by atoms with Crippen molar-refractivity contribution in [1.82, 2.24) is 0 Å². The van der Waals surface area contributed by atoms with E-state index in [9.17, 15) is 9.59 Å². The van der Waals surface area contributed by atoms with Gasteiger partial charge >= 0.3 is 0 Å². The van der Waals surface area contributed by atoms with Crippen LogP contribution in [0.1, 0.15) is 17.3 Å². The van der Waals surface area contributed by atoms with Gasteiger partial charge < -0.3 is 15.4 Å². The molecule has 0 aliphatic rings. The molecule has 27 heavy (non-hydrogen) atoms. The lowest BCUT2D eigenvalue weighted by molar-refractivity contribution is -0.118. The first-order valence-electron chi connectivity index (χ1n) is 8.56. The summed E-state index contributed by atoms with van der Waals surface area (Å²) < 4.78 is 5.46. The lowest BCUT2D eigenvalue weighted by atomic mass is 10.1. The molecule has 0 heterocycles. The van der Waals surface area contributed by atoms with Crippen LogP contribution in [0.5, 0.6) is 5.75 Å². The van der Waals surface area contributed by atoms with Crippen LogP contribution in [0.3, 0.4) is 0 Å². The number of amides is 1. The lowest BCUT2D eigenvalue weighted by Crippen LogP contribution is -2.20. The van der Waals surface area contributed by atoms with Crippen LogP contribution in [-0.4, -0.2) is 18.3 Å². The molecule has 0 aliphatic heterocycles. The van der Waals surface area contributed by atoms with E-state index in [2.05, 4.69) is 10.6 Å². The summed E-state index contributed by atoms with van der Waals surface area (Å²) in [6.45, 7) is 1.35. The van der Waals surface area contributed by atoms with E-state index in [4.69, 9.17) is 4.74 Å². The van der Waals surface area contributed by atoms with Crippen molar-refractivity contribution in [2.75, 3.05) is 17.2 Å². The van der Waals surface area contributed by atoms with Crippen LogP contribution in [0.15, 0.2) is 78.9 Å². The zero-order valence-corrected chi connectivity index (χ0v) is 14.9. The Morgan fingerprint density at radius 3 is 2.19 bits per heavy atom. The summed E-state index contributed by atoms with van der Waals surface area (Å²) in [6, 6.07) is 24.0. The summed E-state index contributed by atoms with van der Waals surface area (Å²) in [5.74, 6) is 0.168. The Morgan fingerprint density at radius 1 is 0.815 bits per heavy atom. The predicted molar refractivity (Wildman–Crippen MR) is 107 cm³/mol. The third-order valence-corrected chi connectivity index (χ3v) is 3.84. The normalized spacial score (nSPS) is 10.1. The van der Waals surface area contributed by atoms with Crippen molar-refractivity contribution in [3.63, 3.8) is 0 Å². The monoisotopic (exact) mass is 360 g/mol. The van der Waals surface area contributed by atoms with Gasteiger partial charge in [-0.05, 0) is 55.5 Å². The van der Waals surface area contributed by atoms with E-state index in [-0.39, 0.29) is 18.3 Å². The van der Waals surface area contributed by atoms with E-state index in [1.165, 1.54) is 6.92 Å². The Balaban J connectivity index is 1.52. The highest BCUT2D eigenvalue weighted by molar-refractivity contribution is 5.94. The molecule has 0 saturated heterocycles. The molecule has 0 spiro atoms. The number of anilines is 3. The van der Waals surface area contributed by atoms with Gasteiger partial charge in [0, 0.05) is 22.6 Å². The summed E-state index contributed by atoms with van der Waals surface area (Å²) in [4.78, 5) is 23.4. The summed E-state index contributed by atoms with van der Waals surface area (Å²) >= 11 is 0. The maximum Gasteiger partial charge on any atom is 0.262 e. The number of hydrogen-bond donors (Lipinski definition) is 2. The fraction of sp³-hybridized carbons (Fsp3) is 0.0909. The van der Waals surface area contributed by atoms with Gasteiger partial charge in [-0.1, -0.05) is 30.3 Å². The first kappa shape index (κ1) is 18.2. The number of carbonyl (C=O) groups excluding carboxylic acids is 2. The second kappa shape index (κ2) is 8.67. The van der Waals surface area contributed by atoms with Crippen molar-refractivity contribution < 1.29 is 14.3 Å². The van der Waals surface area contributed by atoms with Crippen LogP contribution < -0.4 is 15.4 Å². The van der Waals surface area contributed by atoms with E-state index in [0.717, 1.165) is 11.4 Å². The predicted octanol–water partition coefficient (Wildman–Crippen LogP) is 4.65. The Bertz CT molecular complexity index is 922. The fourth-order valence-corrected chi connectivity index (χ4v) is 2.48. The Kier molecular flexibility index (Phi) is 5.84. The van der Waals surface area contributed by atoms with E-state index < -0.39 is 0 Å². The summed E-state index contributed by atoms with van der Waals surface area (Å²) in [5.41, 5.74) is 3.15. The van der Waals surface area contributed by atoms with Gasteiger partial charge in [0.05, 0.1) is 0 Å². The van der Waals surface area contributed by atoms with Crippen molar-refractivity contribution in [1.29, 1.82) is 0 Å². The van der Waals surface area contributed by atoms with Crippen molar-refractivity contribution in [2.45, 2.75) is 6.92 Å². The van der Waals surface area contributed by atoms with Gasteiger partial charge in [-0.2, -0.15) is 0 Å². The maximum absolute atomic E-state index is 12.1. The third-order valence-electron chi connectivity index (χ3n) is 3.84. The second-order valence-corrected chi connectivity index (χ2v) is 5.99. The number of hydrogen-bond acceptors (Lipinski definition) is 4. The van der Waals surface area contributed by atoms with E-state index in [0.29, 0.717) is 17.0 Å². The fourth-order valence-electron chi connectivity index (χ4n) is 2.48. The molecule has 5 nitrogen and oxygen atoms in total. The standard InChI is InChI=1S/C22H20N2O3/c1-16(25)17-6-5-9-21(14-17)27-15-22(26)24-20-12-10-19(11-13-20)23-18-7-3-2-4-8-18/h2-14,23H,15H2,1H3,(H,24,26). The van der Waals surface area contributed by atoms with Crippen LogP contribution in [0.4, 0.5) is 17.1 Å². The van der Waals surface area contributed by atoms with Crippen molar-refractivity contribution in [2.24, 2.45) is 0 Å². The quantitative estimate of drug-likeness (QED) is 0.602. The van der Waals surface area contributed by atoms with Gasteiger partial charge in [0.25, 0.3) is 5.91 Å². The summed E-state index contributed by atoms with van der Waals surface area (Å²) in [7, 11) is 0. The Labute approximate surface area is 158 Å². The smallest absolute Gasteiger partial charge is 0.262 e. The highest BCUT2D eigenvalue weighted by atomic mass is 16.5. The van der Waals surface area contributed by atoms with Gasteiger partial charge in [0.15, 0.2) is 12.4 Å². The minimum atomic E-state index is -0.271. The Morgan fingerprint density at radius 2 is 1.48 bits per heavy atom. The molecule has 0 aromatic heterocycles. The molecule has 0 atom stereocenters. The molecule has 0 bridgehead atoms. The molecule has 0 aliphatic carbocycles. The molecular weight excluding hydrogens is 340 g/mol. The number of ketones is 1. The molecule has 5 heteroatoms. The molecule has 136 valence electrons. The Hall–Kier alpha value is -3.60. The first-order valence-corrected chi connectivity index (χ1v) is 8.56. The molecule has 1 amide bonds. The highest BCUT2D eigenvalue weighted by Crippen LogP contribution is 2.19. The molecule has 0 radical (unpaired) electrons. The zero-order chi connectivity index (χ0) is 19.1.